The third-order valence-corrected chi connectivity index (χ3v) is 5.98. The average molecular weight is 432 g/mol. The lowest BCUT2D eigenvalue weighted by molar-refractivity contribution is 0.0634. The number of nitrogens with one attached hydrogen (secondary N) is 1. The van der Waals surface area contributed by atoms with Gasteiger partial charge in [-0.1, -0.05) is 19.1 Å². The van der Waals surface area contributed by atoms with Gasteiger partial charge in [0.05, 0.1) is 12.7 Å². The molecule has 3 rings (SSSR count). The molecule has 1 aliphatic rings. The Hall–Kier alpha value is -2.52. The van der Waals surface area contributed by atoms with Gasteiger partial charge in [-0.05, 0) is 17.9 Å². The highest BCUT2D eigenvalue weighted by atomic mass is 32.2. The molecule has 8 nitrogen and oxygen atoms in total. The van der Waals surface area contributed by atoms with Gasteiger partial charge in [0.1, 0.15) is 5.56 Å². The molecule has 1 aromatic heterocycles. The number of ether oxygens (including phenoxy) is 1. The summed E-state index contributed by atoms with van der Waals surface area (Å²) >= 11 is 1.67. The van der Waals surface area contributed by atoms with Crippen LogP contribution in [0.4, 0.5) is 0 Å². The molecule has 1 fully saturated rings. The van der Waals surface area contributed by atoms with Crippen LogP contribution in [0.5, 0.6) is 5.88 Å². The molecule has 1 aliphatic heterocycles. The summed E-state index contributed by atoms with van der Waals surface area (Å²) in [6.45, 7) is 6.23. The molecule has 2 amide bonds. The van der Waals surface area contributed by atoms with Gasteiger partial charge in [-0.3, -0.25) is 19.2 Å². The summed E-state index contributed by atoms with van der Waals surface area (Å²) in [6, 6.07) is 7.69. The molecule has 0 radical (unpaired) electrons. The zero-order chi connectivity index (χ0) is 21.5. The number of carbonyl (C=O) groups is 2. The van der Waals surface area contributed by atoms with Crippen molar-refractivity contribution < 1.29 is 14.3 Å². The van der Waals surface area contributed by atoms with Gasteiger partial charge in [0, 0.05) is 57.4 Å². The molecule has 1 saturated heterocycles. The number of carbonyl (C=O) groups excluding carboxylic acids is 2. The Bertz CT molecular complexity index is 877. The molecule has 2 heterocycles. The number of hydrogen-bond donors (Lipinski definition) is 1. The summed E-state index contributed by atoms with van der Waals surface area (Å²) in [5.74, 6) is 1.19. The summed E-state index contributed by atoms with van der Waals surface area (Å²) in [5, 5.41) is 7.18. The van der Waals surface area contributed by atoms with Crippen LogP contribution < -0.4 is 10.1 Å². The molecule has 0 unspecified atom stereocenters. The van der Waals surface area contributed by atoms with E-state index in [1.54, 1.807) is 29.7 Å². The van der Waals surface area contributed by atoms with E-state index in [0.29, 0.717) is 31.1 Å². The Balaban J connectivity index is 1.45. The molecule has 9 heteroatoms. The van der Waals surface area contributed by atoms with Crippen LogP contribution >= 0.6 is 11.8 Å². The number of nitrogens with zero attached hydrogens (tertiary/aromatic N) is 4. The number of methoxy groups -OCH3 is 1. The molecule has 1 aromatic carbocycles. The fourth-order valence-corrected chi connectivity index (χ4v) is 4.27. The lowest BCUT2D eigenvalue weighted by atomic mass is 10.2. The van der Waals surface area contributed by atoms with Crippen molar-refractivity contribution in [3.63, 3.8) is 0 Å². The van der Waals surface area contributed by atoms with E-state index >= 15 is 0 Å². The lowest BCUT2D eigenvalue weighted by Gasteiger charge is -2.34. The molecular weight excluding hydrogens is 402 g/mol. The highest BCUT2D eigenvalue weighted by Gasteiger charge is 2.26. The first-order chi connectivity index (χ1) is 14.5. The third kappa shape index (κ3) is 5.34. The van der Waals surface area contributed by atoms with Gasteiger partial charge in [-0.15, -0.1) is 16.9 Å². The highest BCUT2D eigenvalue weighted by molar-refractivity contribution is 7.99. The number of amides is 2. The van der Waals surface area contributed by atoms with Crippen LogP contribution in [0.25, 0.3) is 0 Å². The lowest BCUT2D eigenvalue weighted by Crippen LogP contribution is -2.50. The van der Waals surface area contributed by atoms with E-state index in [4.69, 9.17) is 4.74 Å². The molecule has 30 heavy (non-hydrogen) atoms. The SMILES string of the molecule is CCSc1ccccc1C(=O)NCCN1CCN(C(=O)c2cn(C)nc2OC)CC1. The van der Waals surface area contributed by atoms with Gasteiger partial charge in [-0.2, -0.15) is 0 Å². The molecule has 0 spiro atoms. The van der Waals surface area contributed by atoms with Crippen molar-refractivity contribution in [1.29, 1.82) is 0 Å². The second-order valence-corrected chi connectivity index (χ2v) is 8.35. The second-order valence-electron chi connectivity index (χ2n) is 7.04. The van der Waals surface area contributed by atoms with Crippen LogP contribution in [0, 0.1) is 0 Å². The van der Waals surface area contributed by atoms with Gasteiger partial charge in [0.15, 0.2) is 0 Å². The fourth-order valence-electron chi connectivity index (χ4n) is 3.47. The number of piperazine rings is 1. The molecule has 0 bridgehead atoms. The first-order valence-electron chi connectivity index (χ1n) is 10.1. The summed E-state index contributed by atoms with van der Waals surface area (Å²) in [5.41, 5.74) is 1.22. The predicted molar refractivity (Wildman–Crippen MR) is 117 cm³/mol. The topological polar surface area (TPSA) is 79.7 Å². The van der Waals surface area contributed by atoms with Crippen LogP contribution in [-0.2, 0) is 7.05 Å². The largest absolute Gasteiger partial charge is 0.479 e. The van der Waals surface area contributed by atoms with Gasteiger partial charge in [0.25, 0.3) is 11.8 Å². The second kappa shape index (κ2) is 10.5. The highest BCUT2D eigenvalue weighted by Crippen LogP contribution is 2.22. The quantitative estimate of drug-likeness (QED) is 0.642. The first-order valence-corrected chi connectivity index (χ1v) is 11.1. The van der Waals surface area contributed by atoms with Gasteiger partial charge < -0.3 is 15.0 Å². The molecule has 0 aliphatic carbocycles. The Labute approximate surface area is 181 Å². The summed E-state index contributed by atoms with van der Waals surface area (Å²) in [4.78, 5) is 30.4. The molecule has 162 valence electrons. The third-order valence-electron chi connectivity index (χ3n) is 5.02. The maximum absolute atomic E-state index is 12.8. The smallest absolute Gasteiger partial charge is 0.261 e. The van der Waals surface area contributed by atoms with Crippen LogP contribution in [0.1, 0.15) is 27.6 Å². The Morgan fingerprint density at radius 1 is 1.17 bits per heavy atom. The number of thioether (sulfide) groups is 1. The monoisotopic (exact) mass is 431 g/mol. The van der Waals surface area contributed by atoms with Crippen molar-refractivity contribution >= 4 is 23.6 Å². The Morgan fingerprint density at radius 3 is 2.60 bits per heavy atom. The van der Waals surface area contributed by atoms with Gasteiger partial charge in [0.2, 0.25) is 5.88 Å². The average Bonchev–Trinajstić information content (AvgIpc) is 3.15. The van der Waals surface area contributed by atoms with Crippen molar-refractivity contribution in [2.45, 2.75) is 11.8 Å². The minimum absolute atomic E-state index is 0.0379. The van der Waals surface area contributed by atoms with Crippen LogP contribution in [0.2, 0.25) is 0 Å². The number of aryl methyl sites for hydroxylation is 1. The van der Waals surface area contributed by atoms with E-state index in [2.05, 4.69) is 22.2 Å². The van der Waals surface area contributed by atoms with E-state index < -0.39 is 0 Å². The minimum atomic E-state index is -0.0575. The van der Waals surface area contributed by atoms with E-state index in [1.165, 1.54) is 7.11 Å². The van der Waals surface area contributed by atoms with Crippen molar-refractivity contribution in [2.24, 2.45) is 7.05 Å². The molecule has 1 N–H and O–H groups in total. The van der Waals surface area contributed by atoms with E-state index in [9.17, 15) is 9.59 Å². The first kappa shape index (κ1) is 22.2. The minimum Gasteiger partial charge on any atom is -0.479 e. The number of aromatic nitrogens is 2. The standard InChI is InChI=1S/C21H29N5O3S/c1-4-30-18-8-6-5-7-16(18)19(27)22-9-10-25-11-13-26(14-12-25)21(28)17-15-24(2)23-20(17)29-3/h5-8,15H,4,9-14H2,1-3H3,(H,22,27). The molecule has 2 aromatic rings. The summed E-state index contributed by atoms with van der Waals surface area (Å²) < 4.78 is 6.79. The van der Waals surface area contributed by atoms with Gasteiger partial charge >= 0.3 is 0 Å². The zero-order valence-electron chi connectivity index (χ0n) is 17.8. The van der Waals surface area contributed by atoms with Crippen LogP contribution in [-0.4, -0.2) is 83.5 Å². The van der Waals surface area contributed by atoms with Crippen LogP contribution in [0.3, 0.4) is 0 Å². The van der Waals surface area contributed by atoms with Crippen molar-refractivity contribution in [1.82, 2.24) is 24.9 Å². The maximum atomic E-state index is 12.8. The molecular formula is C21H29N5O3S. The normalized spacial score (nSPS) is 14.6. The van der Waals surface area contributed by atoms with E-state index in [0.717, 1.165) is 35.8 Å². The Morgan fingerprint density at radius 2 is 1.90 bits per heavy atom. The molecule has 0 atom stereocenters. The summed E-state index contributed by atoms with van der Waals surface area (Å²) in [7, 11) is 3.29. The predicted octanol–water partition coefficient (Wildman–Crippen LogP) is 1.73. The maximum Gasteiger partial charge on any atom is 0.261 e. The molecule has 0 saturated carbocycles. The van der Waals surface area contributed by atoms with Crippen LogP contribution in [0.15, 0.2) is 35.4 Å². The van der Waals surface area contributed by atoms with Crippen molar-refractivity contribution in [2.75, 3.05) is 52.1 Å². The van der Waals surface area contributed by atoms with Gasteiger partial charge in [-0.25, -0.2) is 0 Å². The Kier molecular flexibility index (Phi) is 7.75. The fraction of sp³-hybridized carbons (Fsp3) is 0.476. The number of hydrogen-bond acceptors (Lipinski definition) is 6. The number of rotatable bonds is 8. The van der Waals surface area contributed by atoms with Crippen molar-refractivity contribution in [3.05, 3.63) is 41.6 Å². The zero-order valence-corrected chi connectivity index (χ0v) is 18.6. The summed E-state index contributed by atoms with van der Waals surface area (Å²) in [6.07, 6.45) is 1.69. The number of benzene rings is 1. The van der Waals surface area contributed by atoms with Crippen molar-refractivity contribution in [3.8, 4) is 5.88 Å². The van der Waals surface area contributed by atoms with E-state index in [-0.39, 0.29) is 11.8 Å². The van der Waals surface area contributed by atoms with E-state index in [1.807, 2.05) is 29.2 Å².